The maximum absolute atomic E-state index is 12.5. The molecule has 2 aromatic rings. The molecule has 120 valence electrons. The minimum atomic E-state index is -0.956. The average Bonchev–Trinajstić information content (AvgIpc) is 2.56. The molecule has 1 atom stereocenters. The minimum absolute atomic E-state index is 0.0370. The van der Waals surface area contributed by atoms with Crippen molar-refractivity contribution in [1.82, 2.24) is 0 Å². The highest BCUT2D eigenvalue weighted by Gasteiger charge is 2.25. The summed E-state index contributed by atoms with van der Waals surface area (Å²) in [6.07, 6.45) is -0.956. The topological polar surface area (TPSA) is 66.8 Å². The number of phenolic OH excluding ortho intramolecular Hbond substituents is 1. The van der Waals surface area contributed by atoms with E-state index in [1.807, 2.05) is 37.3 Å². The van der Waals surface area contributed by atoms with Crippen LogP contribution in [0.15, 0.2) is 54.6 Å². The maximum Gasteiger partial charge on any atom is 0.342 e. The van der Waals surface area contributed by atoms with Crippen molar-refractivity contribution in [3.8, 4) is 5.75 Å². The molecule has 0 aliphatic rings. The zero-order valence-corrected chi connectivity index (χ0v) is 13.1. The summed E-state index contributed by atoms with van der Waals surface area (Å²) in [6, 6.07) is 15.2. The van der Waals surface area contributed by atoms with E-state index in [2.05, 4.69) is 0 Å². The fraction of sp³-hybridized carbons (Fsp3) is 0.222. The molecule has 23 heavy (non-hydrogen) atoms. The Hall–Kier alpha value is -2.82. The van der Waals surface area contributed by atoms with Crippen LogP contribution in [0.3, 0.4) is 0 Å². The number of benzene rings is 2. The largest absolute Gasteiger partial charge is 0.507 e. The molecule has 0 radical (unpaired) electrons. The zero-order valence-electron chi connectivity index (χ0n) is 13.1. The van der Waals surface area contributed by atoms with Crippen LogP contribution in [0.5, 0.6) is 5.75 Å². The van der Waals surface area contributed by atoms with Gasteiger partial charge in [-0.3, -0.25) is 4.79 Å². The van der Waals surface area contributed by atoms with Gasteiger partial charge in [0.2, 0.25) is 0 Å². The van der Waals surface area contributed by atoms with E-state index in [9.17, 15) is 14.7 Å². The van der Waals surface area contributed by atoms with E-state index in [1.54, 1.807) is 17.0 Å². The summed E-state index contributed by atoms with van der Waals surface area (Å²) < 4.78 is 5.19. The first kappa shape index (κ1) is 16.5. The highest BCUT2D eigenvalue weighted by Crippen LogP contribution is 2.19. The van der Waals surface area contributed by atoms with Gasteiger partial charge in [-0.25, -0.2) is 4.79 Å². The van der Waals surface area contributed by atoms with Gasteiger partial charge in [-0.05, 0) is 38.1 Å². The molecule has 0 saturated carbocycles. The van der Waals surface area contributed by atoms with Crippen LogP contribution >= 0.6 is 0 Å². The average molecular weight is 313 g/mol. The number of ether oxygens (including phenoxy) is 1. The van der Waals surface area contributed by atoms with Gasteiger partial charge in [0.25, 0.3) is 5.91 Å². The highest BCUT2D eigenvalue weighted by atomic mass is 16.5. The molecule has 0 aromatic heterocycles. The Kier molecular flexibility index (Phi) is 5.36. The normalized spacial score (nSPS) is 11.6. The van der Waals surface area contributed by atoms with Crippen LogP contribution in [-0.4, -0.2) is 29.6 Å². The molecular weight excluding hydrogens is 294 g/mol. The van der Waals surface area contributed by atoms with Crippen LogP contribution in [0, 0.1) is 0 Å². The van der Waals surface area contributed by atoms with Gasteiger partial charge in [0.05, 0.1) is 0 Å². The quantitative estimate of drug-likeness (QED) is 0.862. The number of phenols is 1. The van der Waals surface area contributed by atoms with Gasteiger partial charge < -0.3 is 14.7 Å². The Morgan fingerprint density at radius 3 is 2.30 bits per heavy atom. The summed E-state index contributed by atoms with van der Waals surface area (Å²) >= 11 is 0. The fourth-order valence-corrected chi connectivity index (χ4v) is 2.21. The number of esters is 1. The van der Waals surface area contributed by atoms with E-state index >= 15 is 0 Å². The first-order valence-electron chi connectivity index (χ1n) is 7.40. The molecule has 0 spiro atoms. The number of carbonyl (C=O) groups excluding carboxylic acids is 2. The molecular formula is C18H19NO4. The van der Waals surface area contributed by atoms with Crippen molar-refractivity contribution in [3.63, 3.8) is 0 Å². The SMILES string of the molecule is CCN(C(=O)[C@@H](C)OC(=O)c1ccccc1O)c1ccccc1. The van der Waals surface area contributed by atoms with Crippen LogP contribution < -0.4 is 4.90 Å². The van der Waals surface area contributed by atoms with Gasteiger partial charge in [-0.1, -0.05) is 30.3 Å². The van der Waals surface area contributed by atoms with Crippen molar-refractivity contribution in [2.45, 2.75) is 20.0 Å². The Bertz CT molecular complexity index is 684. The number of rotatable bonds is 5. The van der Waals surface area contributed by atoms with Gasteiger partial charge >= 0.3 is 5.97 Å². The van der Waals surface area contributed by atoms with Gasteiger partial charge in [0.15, 0.2) is 6.10 Å². The Morgan fingerprint density at radius 1 is 1.09 bits per heavy atom. The molecule has 0 unspecified atom stereocenters. The number of likely N-dealkylation sites (N-methyl/N-ethyl adjacent to an activating group) is 1. The number of aromatic hydroxyl groups is 1. The lowest BCUT2D eigenvalue weighted by atomic mass is 10.2. The van der Waals surface area contributed by atoms with Gasteiger partial charge in [-0.15, -0.1) is 0 Å². The minimum Gasteiger partial charge on any atom is -0.507 e. The van der Waals surface area contributed by atoms with E-state index < -0.39 is 12.1 Å². The van der Waals surface area contributed by atoms with Crippen molar-refractivity contribution >= 4 is 17.6 Å². The molecule has 0 fully saturated rings. The number of amides is 1. The molecule has 0 saturated heterocycles. The number of hydrogen-bond donors (Lipinski definition) is 1. The third-order valence-electron chi connectivity index (χ3n) is 3.41. The van der Waals surface area contributed by atoms with Crippen molar-refractivity contribution in [1.29, 1.82) is 0 Å². The molecule has 0 heterocycles. The lowest BCUT2D eigenvalue weighted by Crippen LogP contribution is -2.40. The van der Waals surface area contributed by atoms with Crippen LogP contribution in [0.2, 0.25) is 0 Å². The zero-order chi connectivity index (χ0) is 16.8. The maximum atomic E-state index is 12.5. The second-order valence-corrected chi connectivity index (χ2v) is 4.98. The summed E-state index contributed by atoms with van der Waals surface area (Å²) in [7, 11) is 0. The molecule has 0 aliphatic heterocycles. The third kappa shape index (κ3) is 3.88. The van der Waals surface area contributed by atoms with Gasteiger partial charge in [-0.2, -0.15) is 0 Å². The molecule has 2 aromatic carbocycles. The van der Waals surface area contributed by atoms with E-state index in [4.69, 9.17) is 4.74 Å². The standard InChI is InChI=1S/C18H19NO4/c1-3-19(14-9-5-4-6-10-14)17(21)13(2)23-18(22)15-11-7-8-12-16(15)20/h4-13,20H,3H2,1-2H3/t13-/m1/s1. The number of hydrogen-bond acceptors (Lipinski definition) is 4. The number of anilines is 1. The molecule has 0 bridgehead atoms. The molecule has 5 nitrogen and oxygen atoms in total. The van der Waals surface area contributed by atoms with Crippen LogP contribution in [0.4, 0.5) is 5.69 Å². The predicted octanol–water partition coefficient (Wildman–Crippen LogP) is 2.99. The summed E-state index contributed by atoms with van der Waals surface area (Å²) in [5.74, 6) is -1.22. The smallest absolute Gasteiger partial charge is 0.342 e. The van der Waals surface area contributed by atoms with Crippen molar-refractivity contribution < 1.29 is 19.4 Å². The molecule has 2 rings (SSSR count). The number of para-hydroxylation sites is 2. The monoisotopic (exact) mass is 313 g/mol. The van der Waals surface area contributed by atoms with E-state index in [0.717, 1.165) is 5.69 Å². The Morgan fingerprint density at radius 2 is 1.70 bits per heavy atom. The van der Waals surface area contributed by atoms with E-state index in [0.29, 0.717) is 6.54 Å². The van der Waals surface area contributed by atoms with Crippen LogP contribution in [-0.2, 0) is 9.53 Å². The summed E-state index contributed by atoms with van der Waals surface area (Å²) in [5.41, 5.74) is 0.778. The Labute approximate surface area is 135 Å². The Balaban J connectivity index is 2.10. The lowest BCUT2D eigenvalue weighted by molar-refractivity contribution is -0.126. The molecule has 1 N–H and O–H groups in total. The van der Waals surface area contributed by atoms with Crippen LogP contribution in [0.25, 0.3) is 0 Å². The van der Waals surface area contributed by atoms with E-state index in [1.165, 1.54) is 19.1 Å². The predicted molar refractivity (Wildman–Crippen MR) is 87.5 cm³/mol. The van der Waals surface area contributed by atoms with Crippen molar-refractivity contribution in [2.24, 2.45) is 0 Å². The summed E-state index contributed by atoms with van der Waals surface area (Å²) in [6.45, 7) is 3.83. The molecule has 0 aliphatic carbocycles. The van der Waals surface area contributed by atoms with Crippen molar-refractivity contribution in [3.05, 3.63) is 60.2 Å². The van der Waals surface area contributed by atoms with Gasteiger partial charge in [0, 0.05) is 12.2 Å². The van der Waals surface area contributed by atoms with E-state index in [-0.39, 0.29) is 17.2 Å². The van der Waals surface area contributed by atoms with Gasteiger partial charge in [0.1, 0.15) is 11.3 Å². The first-order chi connectivity index (χ1) is 11.0. The second-order valence-electron chi connectivity index (χ2n) is 4.98. The summed E-state index contributed by atoms with van der Waals surface area (Å²) in [4.78, 5) is 26.1. The molecule has 5 heteroatoms. The highest BCUT2D eigenvalue weighted by molar-refractivity contribution is 5.99. The fourth-order valence-electron chi connectivity index (χ4n) is 2.21. The molecule has 1 amide bonds. The van der Waals surface area contributed by atoms with Crippen molar-refractivity contribution in [2.75, 3.05) is 11.4 Å². The number of nitrogens with zero attached hydrogens (tertiary/aromatic N) is 1. The third-order valence-corrected chi connectivity index (χ3v) is 3.41. The first-order valence-corrected chi connectivity index (χ1v) is 7.40. The van der Waals surface area contributed by atoms with Crippen LogP contribution in [0.1, 0.15) is 24.2 Å². The summed E-state index contributed by atoms with van der Waals surface area (Å²) in [5, 5.41) is 9.67. The second kappa shape index (κ2) is 7.45. The number of carbonyl (C=O) groups is 2. The lowest BCUT2D eigenvalue weighted by Gasteiger charge is -2.24.